The van der Waals surface area contributed by atoms with Crippen LogP contribution in [0.15, 0.2) is 24.3 Å². The standard InChI is InChI=1S/C19H31NO/c1-19(2,3)17-8-5-9-18(11-10-17)20-13-15-6-4-7-16(12-15)14-21/h4,6-7,12,17-18,20-21H,5,8-11,13-14H2,1-3H3. The number of rotatable bonds is 4. The predicted molar refractivity (Wildman–Crippen MR) is 89.0 cm³/mol. The topological polar surface area (TPSA) is 32.3 Å². The molecule has 0 amide bonds. The molecule has 2 N–H and O–H groups in total. The van der Waals surface area contributed by atoms with E-state index in [9.17, 15) is 5.11 Å². The fourth-order valence-corrected chi connectivity index (χ4v) is 3.47. The number of benzene rings is 1. The van der Waals surface area contributed by atoms with Crippen LogP contribution in [0.2, 0.25) is 0 Å². The third kappa shape index (κ3) is 5.12. The van der Waals surface area contributed by atoms with Crippen LogP contribution in [-0.4, -0.2) is 11.1 Å². The fourth-order valence-electron chi connectivity index (χ4n) is 3.47. The van der Waals surface area contributed by atoms with Gasteiger partial charge in [-0.3, -0.25) is 0 Å². The molecule has 21 heavy (non-hydrogen) atoms. The molecule has 2 unspecified atom stereocenters. The van der Waals surface area contributed by atoms with Crippen molar-refractivity contribution in [2.75, 3.05) is 0 Å². The smallest absolute Gasteiger partial charge is 0.0681 e. The molecule has 1 aromatic carbocycles. The lowest BCUT2D eigenvalue weighted by Crippen LogP contribution is -2.28. The van der Waals surface area contributed by atoms with Crippen LogP contribution in [0.5, 0.6) is 0 Å². The van der Waals surface area contributed by atoms with E-state index in [0.29, 0.717) is 11.5 Å². The molecule has 1 aliphatic carbocycles. The zero-order valence-corrected chi connectivity index (χ0v) is 13.9. The van der Waals surface area contributed by atoms with Gasteiger partial charge in [-0.2, -0.15) is 0 Å². The van der Waals surface area contributed by atoms with Crippen LogP contribution in [0.3, 0.4) is 0 Å². The summed E-state index contributed by atoms with van der Waals surface area (Å²) in [5, 5.41) is 12.9. The molecule has 0 bridgehead atoms. The molecule has 2 heteroatoms. The summed E-state index contributed by atoms with van der Waals surface area (Å²) >= 11 is 0. The van der Waals surface area contributed by atoms with Crippen LogP contribution < -0.4 is 5.32 Å². The van der Waals surface area contributed by atoms with E-state index < -0.39 is 0 Å². The van der Waals surface area contributed by atoms with Crippen molar-refractivity contribution in [2.24, 2.45) is 11.3 Å². The molecule has 0 radical (unpaired) electrons. The van der Waals surface area contributed by atoms with Crippen molar-refractivity contribution < 1.29 is 5.11 Å². The summed E-state index contributed by atoms with van der Waals surface area (Å²) in [6.07, 6.45) is 6.66. The van der Waals surface area contributed by atoms with Crippen molar-refractivity contribution in [3.8, 4) is 0 Å². The van der Waals surface area contributed by atoms with Gasteiger partial charge in [0.05, 0.1) is 6.61 Å². The Morgan fingerprint density at radius 2 is 1.86 bits per heavy atom. The van der Waals surface area contributed by atoms with Crippen molar-refractivity contribution in [2.45, 2.75) is 72.1 Å². The van der Waals surface area contributed by atoms with Crippen LogP contribution >= 0.6 is 0 Å². The van der Waals surface area contributed by atoms with Gasteiger partial charge < -0.3 is 10.4 Å². The number of nitrogens with one attached hydrogen (secondary N) is 1. The third-order valence-corrected chi connectivity index (χ3v) is 4.96. The Morgan fingerprint density at radius 3 is 2.57 bits per heavy atom. The van der Waals surface area contributed by atoms with Gasteiger partial charge in [0.2, 0.25) is 0 Å². The molecule has 1 saturated carbocycles. The van der Waals surface area contributed by atoms with Crippen molar-refractivity contribution in [1.82, 2.24) is 5.32 Å². The number of hydrogen-bond acceptors (Lipinski definition) is 2. The van der Waals surface area contributed by atoms with Crippen molar-refractivity contribution in [3.63, 3.8) is 0 Å². The molecule has 118 valence electrons. The van der Waals surface area contributed by atoms with Crippen LogP contribution in [0.1, 0.15) is 64.0 Å². The molecule has 0 saturated heterocycles. The Bertz CT molecular complexity index is 435. The molecule has 0 aromatic heterocycles. The Labute approximate surface area is 130 Å². The van der Waals surface area contributed by atoms with E-state index in [1.807, 2.05) is 12.1 Å². The second-order valence-corrected chi connectivity index (χ2v) is 7.63. The third-order valence-electron chi connectivity index (χ3n) is 4.96. The van der Waals surface area contributed by atoms with E-state index in [1.54, 1.807) is 0 Å². The van der Waals surface area contributed by atoms with Gasteiger partial charge in [-0.05, 0) is 48.1 Å². The lowest BCUT2D eigenvalue weighted by molar-refractivity contribution is 0.213. The Kier molecular flexibility index (Phi) is 5.83. The number of hydrogen-bond donors (Lipinski definition) is 2. The van der Waals surface area contributed by atoms with Gasteiger partial charge in [0.25, 0.3) is 0 Å². The van der Waals surface area contributed by atoms with Crippen LogP contribution in [0.25, 0.3) is 0 Å². The summed E-state index contributed by atoms with van der Waals surface area (Å²) in [6.45, 7) is 8.19. The lowest BCUT2D eigenvalue weighted by atomic mass is 9.76. The first kappa shape index (κ1) is 16.5. The predicted octanol–water partition coefficient (Wildman–Crippen LogP) is 4.26. The Hall–Kier alpha value is -0.860. The Morgan fingerprint density at radius 1 is 1.10 bits per heavy atom. The van der Waals surface area contributed by atoms with E-state index in [4.69, 9.17) is 0 Å². The highest BCUT2D eigenvalue weighted by atomic mass is 16.3. The monoisotopic (exact) mass is 289 g/mol. The van der Waals surface area contributed by atoms with E-state index >= 15 is 0 Å². The molecule has 1 fully saturated rings. The Balaban J connectivity index is 1.83. The highest BCUT2D eigenvalue weighted by Gasteiger charge is 2.27. The number of aliphatic hydroxyl groups excluding tert-OH is 1. The van der Waals surface area contributed by atoms with Gasteiger partial charge in [0.1, 0.15) is 0 Å². The molecule has 1 aliphatic rings. The summed E-state index contributed by atoms with van der Waals surface area (Å²) in [7, 11) is 0. The summed E-state index contributed by atoms with van der Waals surface area (Å²) < 4.78 is 0. The quantitative estimate of drug-likeness (QED) is 0.812. The van der Waals surface area contributed by atoms with Gasteiger partial charge in [-0.15, -0.1) is 0 Å². The second-order valence-electron chi connectivity index (χ2n) is 7.63. The highest BCUT2D eigenvalue weighted by Crippen LogP contribution is 2.36. The molecule has 1 aromatic rings. The van der Waals surface area contributed by atoms with Gasteiger partial charge in [0.15, 0.2) is 0 Å². The molecular formula is C19H31NO. The van der Waals surface area contributed by atoms with Crippen LogP contribution in [-0.2, 0) is 13.2 Å². The van der Waals surface area contributed by atoms with E-state index in [2.05, 4.69) is 38.2 Å². The average Bonchev–Trinajstić information content (AvgIpc) is 2.70. The normalized spacial score (nSPS) is 23.8. The molecule has 2 atom stereocenters. The second kappa shape index (κ2) is 7.42. The first-order valence-electron chi connectivity index (χ1n) is 8.41. The largest absolute Gasteiger partial charge is 0.392 e. The van der Waals surface area contributed by atoms with Crippen molar-refractivity contribution >= 4 is 0 Å². The molecule has 0 aliphatic heterocycles. The summed E-state index contributed by atoms with van der Waals surface area (Å²) in [5.74, 6) is 0.863. The zero-order chi connectivity index (χ0) is 15.3. The van der Waals surface area contributed by atoms with Gasteiger partial charge in [-0.1, -0.05) is 51.5 Å². The molecule has 2 nitrogen and oxygen atoms in total. The minimum atomic E-state index is 0.129. The highest BCUT2D eigenvalue weighted by molar-refractivity contribution is 5.22. The minimum Gasteiger partial charge on any atom is -0.392 e. The molecule has 0 heterocycles. The summed E-state index contributed by atoms with van der Waals surface area (Å²) in [4.78, 5) is 0. The first-order valence-corrected chi connectivity index (χ1v) is 8.41. The minimum absolute atomic E-state index is 0.129. The molecule has 2 rings (SSSR count). The van der Waals surface area contributed by atoms with Crippen molar-refractivity contribution in [1.29, 1.82) is 0 Å². The van der Waals surface area contributed by atoms with Gasteiger partial charge in [-0.25, -0.2) is 0 Å². The fraction of sp³-hybridized carbons (Fsp3) is 0.684. The summed E-state index contributed by atoms with van der Waals surface area (Å²) in [6, 6.07) is 8.90. The van der Waals surface area contributed by atoms with E-state index in [-0.39, 0.29) is 6.61 Å². The maximum Gasteiger partial charge on any atom is 0.0681 e. The maximum absolute atomic E-state index is 9.20. The SMILES string of the molecule is CC(C)(C)C1CCCC(NCc2cccc(CO)c2)CC1. The number of aliphatic hydroxyl groups is 1. The molecule has 0 spiro atoms. The molecular weight excluding hydrogens is 258 g/mol. The lowest BCUT2D eigenvalue weighted by Gasteiger charge is -2.29. The van der Waals surface area contributed by atoms with E-state index in [0.717, 1.165) is 18.0 Å². The van der Waals surface area contributed by atoms with Gasteiger partial charge in [0, 0.05) is 12.6 Å². The zero-order valence-electron chi connectivity index (χ0n) is 13.9. The average molecular weight is 289 g/mol. The maximum atomic E-state index is 9.20. The van der Waals surface area contributed by atoms with Crippen molar-refractivity contribution in [3.05, 3.63) is 35.4 Å². The van der Waals surface area contributed by atoms with Gasteiger partial charge >= 0.3 is 0 Å². The van der Waals surface area contributed by atoms with Crippen LogP contribution in [0, 0.1) is 11.3 Å². The van der Waals surface area contributed by atoms with E-state index in [1.165, 1.54) is 37.7 Å². The van der Waals surface area contributed by atoms with Crippen LogP contribution in [0.4, 0.5) is 0 Å². The first-order chi connectivity index (χ1) is 9.99. The summed E-state index contributed by atoms with van der Waals surface area (Å²) in [5.41, 5.74) is 2.73.